The van der Waals surface area contributed by atoms with E-state index in [2.05, 4.69) is 47.6 Å². The van der Waals surface area contributed by atoms with Crippen molar-refractivity contribution in [1.29, 1.82) is 0 Å². The summed E-state index contributed by atoms with van der Waals surface area (Å²) >= 11 is 0. The Hall–Kier alpha value is -3.17. The fourth-order valence-corrected chi connectivity index (χ4v) is 6.50. The SMILES string of the molecule is CCC1(n2nc(Nc3ccc(C(=O)N4CCOC5CC54)c(C)c3)c3c(=O)[nH]ccc32)CCN(C(C)(C)C)CC1. The number of morpholine rings is 1. The molecule has 2 aromatic heterocycles. The van der Waals surface area contributed by atoms with E-state index in [1.54, 1.807) is 6.20 Å². The summed E-state index contributed by atoms with van der Waals surface area (Å²) in [4.78, 5) is 33.6. The molecule has 208 valence electrons. The first-order chi connectivity index (χ1) is 18.6. The lowest BCUT2D eigenvalue weighted by Gasteiger charge is -2.46. The van der Waals surface area contributed by atoms with Gasteiger partial charge in [-0.3, -0.25) is 19.2 Å². The van der Waals surface area contributed by atoms with Gasteiger partial charge >= 0.3 is 0 Å². The first-order valence-corrected chi connectivity index (χ1v) is 14.3. The maximum absolute atomic E-state index is 13.3. The molecular weight excluding hydrogens is 492 g/mol. The monoisotopic (exact) mass is 532 g/mol. The molecule has 9 heteroatoms. The second-order valence-electron chi connectivity index (χ2n) is 12.4. The third-order valence-corrected chi connectivity index (χ3v) is 9.10. The number of hydrogen-bond acceptors (Lipinski definition) is 6. The molecule has 1 aromatic carbocycles. The number of carbonyl (C=O) groups excluding carboxylic acids is 1. The number of fused-ring (bicyclic) bond motifs is 2. The molecule has 0 spiro atoms. The number of benzene rings is 1. The molecule has 2 N–H and O–H groups in total. The van der Waals surface area contributed by atoms with Crippen LogP contribution in [0.1, 0.15) is 69.3 Å². The number of anilines is 2. The van der Waals surface area contributed by atoms with Gasteiger partial charge in [-0.1, -0.05) is 6.92 Å². The summed E-state index contributed by atoms with van der Waals surface area (Å²) in [7, 11) is 0. The van der Waals surface area contributed by atoms with E-state index in [0.717, 1.165) is 55.5 Å². The molecule has 2 aliphatic heterocycles. The number of hydrogen-bond donors (Lipinski definition) is 2. The minimum Gasteiger partial charge on any atom is -0.374 e. The standard InChI is InChI=1S/C30H40N6O3/c1-6-30(10-13-34(14-11-30)29(3,4)5)36-22-9-12-31-27(37)25(22)26(33-36)32-20-7-8-21(19(2)17-20)28(38)35-15-16-39-24-18-23(24)35/h7-9,12,17,23-24H,6,10-11,13-16,18H2,1-5H3,(H,31,37)(H,32,33). The topological polar surface area (TPSA) is 95.5 Å². The van der Waals surface area contributed by atoms with Gasteiger partial charge in [-0.15, -0.1) is 0 Å². The third-order valence-electron chi connectivity index (χ3n) is 9.10. The van der Waals surface area contributed by atoms with Crippen LogP contribution in [0.2, 0.25) is 0 Å². The molecule has 3 aromatic rings. The van der Waals surface area contributed by atoms with Crippen molar-refractivity contribution in [3.05, 3.63) is 51.9 Å². The number of H-pyrrole nitrogens is 1. The van der Waals surface area contributed by atoms with E-state index >= 15 is 0 Å². The quantitative estimate of drug-likeness (QED) is 0.506. The van der Waals surface area contributed by atoms with Crippen molar-refractivity contribution in [2.24, 2.45) is 0 Å². The lowest BCUT2D eigenvalue weighted by atomic mass is 9.83. The Kier molecular flexibility index (Phi) is 6.34. The van der Waals surface area contributed by atoms with Gasteiger partial charge in [0.1, 0.15) is 5.39 Å². The first-order valence-electron chi connectivity index (χ1n) is 14.3. The highest BCUT2D eigenvalue weighted by Crippen LogP contribution is 2.39. The Morgan fingerprint density at radius 3 is 2.67 bits per heavy atom. The predicted octanol–water partition coefficient (Wildman–Crippen LogP) is 4.39. The number of likely N-dealkylation sites (tertiary alicyclic amines) is 1. The van der Waals surface area contributed by atoms with Crippen LogP contribution in [0.4, 0.5) is 11.5 Å². The molecule has 2 saturated heterocycles. The van der Waals surface area contributed by atoms with Crippen molar-refractivity contribution < 1.29 is 9.53 Å². The summed E-state index contributed by atoms with van der Waals surface area (Å²) in [5, 5.41) is 9.04. The van der Waals surface area contributed by atoms with Gasteiger partial charge in [-0.2, -0.15) is 5.10 Å². The van der Waals surface area contributed by atoms with E-state index in [1.165, 1.54) is 0 Å². The fourth-order valence-electron chi connectivity index (χ4n) is 6.50. The normalized spacial score (nSPS) is 23.1. The number of carbonyl (C=O) groups is 1. The van der Waals surface area contributed by atoms with Gasteiger partial charge in [-0.05, 0) is 83.2 Å². The van der Waals surface area contributed by atoms with E-state index in [4.69, 9.17) is 9.84 Å². The number of aromatic nitrogens is 3. The van der Waals surface area contributed by atoms with Crippen LogP contribution < -0.4 is 10.9 Å². The molecule has 0 bridgehead atoms. The molecule has 2 atom stereocenters. The maximum Gasteiger partial charge on any atom is 0.261 e. The predicted molar refractivity (Wildman–Crippen MR) is 153 cm³/mol. The zero-order valence-corrected chi connectivity index (χ0v) is 23.7. The minimum atomic E-state index is -0.158. The number of rotatable bonds is 5. The largest absolute Gasteiger partial charge is 0.374 e. The van der Waals surface area contributed by atoms with Gasteiger partial charge in [0.2, 0.25) is 0 Å². The Labute approximate surface area is 229 Å². The highest BCUT2D eigenvalue weighted by molar-refractivity contribution is 5.97. The maximum atomic E-state index is 13.3. The number of aryl methyl sites for hydroxylation is 1. The second kappa shape index (κ2) is 9.48. The van der Waals surface area contributed by atoms with Crippen LogP contribution >= 0.6 is 0 Å². The Balaban J connectivity index is 1.30. The van der Waals surface area contributed by atoms with Crippen molar-refractivity contribution in [1.82, 2.24) is 24.6 Å². The van der Waals surface area contributed by atoms with Crippen LogP contribution in [-0.4, -0.2) is 74.4 Å². The number of aromatic amines is 1. The summed E-state index contributed by atoms with van der Waals surface area (Å²) in [6, 6.07) is 7.93. The van der Waals surface area contributed by atoms with Crippen molar-refractivity contribution in [3.8, 4) is 0 Å². The molecule has 9 nitrogen and oxygen atoms in total. The second-order valence-corrected chi connectivity index (χ2v) is 12.4. The lowest BCUT2D eigenvalue weighted by molar-refractivity contribution is 0.0262. The van der Waals surface area contributed by atoms with Crippen LogP contribution in [0.15, 0.2) is 35.3 Å². The van der Waals surface area contributed by atoms with Gasteiger partial charge in [0.15, 0.2) is 5.82 Å². The summed E-state index contributed by atoms with van der Waals surface area (Å²) in [6.45, 7) is 14.2. The number of pyridine rings is 1. The van der Waals surface area contributed by atoms with Crippen LogP contribution in [0, 0.1) is 6.92 Å². The number of nitrogens with one attached hydrogen (secondary N) is 2. The molecule has 1 saturated carbocycles. The molecule has 6 rings (SSSR count). The third kappa shape index (κ3) is 4.55. The van der Waals surface area contributed by atoms with Gasteiger partial charge in [0.05, 0.1) is 29.8 Å². The van der Waals surface area contributed by atoms with Gasteiger partial charge < -0.3 is 19.9 Å². The molecule has 3 aliphatic rings. The van der Waals surface area contributed by atoms with E-state index in [-0.39, 0.29) is 34.7 Å². The summed E-state index contributed by atoms with van der Waals surface area (Å²) in [6.07, 6.45) is 5.74. The number of nitrogens with zero attached hydrogens (tertiary/aromatic N) is 4. The molecule has 39 heavy (non-hydrogen) atoms. The number of amides is 1. The lowest BCUT2D eigenvalue weighted by Crippen LogP contribution is -2.52. The average molecular weight is 533 g/mol. The van der Waals surface area contributed by atoms with E-state index in [9.17, 15) is 9.59 Å². The van der Waals surface area contributed by atoms with Crippen LogP contribution in [0.3, 0.4) is 0 Å². The highest BCUT2D eigenvalue weighted by Gasteiger charge is 2.48. The Morgan fingerprint density at radius 1 is 1.21 bits per heavy atom. The van der Waals surface area contributed by atoms with E-state index < -0.39 is 0 Å². The average Bonchev–Trinajstić information content (AvgIpc) is 3.62. The summed E-state index contributed by atoms with van der Waals surface area (Å²) in [5.41, 5.74) is 3.07. The zero-order valence-electron chi connectivity index (χ0n) is 23.7. The van der Waals surface area contributed by atoms with Crippen LogP contribution in [-0.2, 0) is 10.3 Å². The summed E-state index contributed by atoms with van der Waals surface area (Å²) in [5.74, 6) is 0.609. The number of piperidine rings is 1. The molecule has 1 aliphatic carbocycles. The first kappa shape index (κ1) is 26.1. The van der Waals surface area contributed by atoms with Crippen LogP contribution in [0.25, 0.3) is 10.9 Å². The zero-order chi connectivity index (χ0) is 27.5. The molecule has 1 amide bonds. The van der Waals surface area contributed by atoms with Crippen molar-refractivity contribution in [3.63, 3.8) is 0 Å². The molecule has 4 heterocycles. The van der Waals surface area contributed by atoms with Crippen molar-refractivity contribution in [2.75, 3.05) is 31.6 Å². The molecule has 0 radical (unpaired) electrons. The molecule has 2 unspecified atom stereocenters. The number of ether oxygens (including phenoxy) is 1. The fraction of sp³-hybridized carbons (Fsp3) is 0.567. The van der Waals surface area contributed by atoms with Crippen molar-refractivity contribution in [2.45, 2.75) is 83.5 Å². The Bertz CT molecular complexity index is 1460. The van der Waals surface area contributed by atoms with Gasteiger partial charge in [-0.25, -0.2) is 0 Å². The van der Waals surface area contributed by atoms with E-state index in [0.29, 0.717) is 29.9 Å². The van der Waals surface area contributed by atoms with Crippen molar-refractivity contribution >= 4 is 28.3 Å². The summed E-state index contributed by atoms with van der Waals surface area (Å²) < 4.78 is 7.77. The smallest absolute Gasteiger partial charge is 0.261 e. The van der Waals surface area contributed by atoms with Crippen LogP contribution in [0.5, 0.6) is 0 Å². The van der Waals surface area contributed by atoms with Gasteiger partial charge in [0.25, 0.3) is 11.5 Å². The van der Waals surface area contributed by atoms with Gasteiger partial charge in [0, 0.05) is 42.6 Å². The highest BCUT2D eigenvalue weighted by atomic mass is 16.5. The molecular formula is C30H40N6O3. The van der Waals surface area contributed by atoms with E-state index in [1.807, 2.05) is 36.1 Å². The molecule has 3 fully saturated rings. The Morgan fingerprint density at radius 2 is 1.97 bits per heavy atom. The minimum absolute atomic E-state index is 0.0625.